The lowest BCUT2D eigenvalue weighted by Crippen LogP contribution is -2.23. The van der Waals surface area contributed by atoms with E-state index in [4.69, 9.17) is 17.2 Å². The quantitative estimate of drug-likeness (QED) is 0.377. The molecule has 3 rings (SSSR count). The van der Waals surface area contributed by atoms with Crippen LogP contribution in [0.1, 0.15) is 12.1 Å². The van der Waals surface area contributed by atoms with E-state index in [0.29, 0.717) is 18.8 Å². The number of hydrogen-bond donors (Lipinski definition) is 3. The van der Waals surface area contributed by atoms with Gasteiger partial charge in [-0.3, -0.25) is 4.99 Å². The van der Waals surface area contributed by atoms with E-state index in [0.717, 1.165) is 23.4 Å². The zero-order chi connectivity index (χ0) is 16.2. The molecule has 3 aromatic rings. The number of benzene rings is 1. The highest BCUT2D eigenvalue weighted by Gasteiger charge is 2.10. The molecule has 0 spiro atoms. The van der Waals surface area contributed by atoms with Crippen molar-refractivity contribution >= 4 is 33.2 Å². The van der Waals surface area contributed by atoms with Gasteiger partial charge in [-0.25, -0.2) is 9.97 Å². The number of aromatic nitrogens is 2. The third kappa shape index (κ3) is 3.40. The number of aliphatic imine (C=N–C) groups is 1. The van der Waals surface area contributed by atoms with Crippen LogP contribution in [0, 0.1) is 0 Å². The predicted octanol–water partition coefficient (Wildman–Crippen LogP) is 2.15. The zero-order valence-corrected chi connectivity index (χ0v) is 13.4. The van der Waals surface area contributed by atoms with Crippen LogP contribution in [0.3, 0.4) is 0 Å². The first-order valence-electron chi connectivity index (χ1n) is 7.28. The number of rotatable bonds is 5. The van der Waals surface area contributed by atoms with Gasteiger partial charge in [0.25, 0.3) is 0 Å². The van der Waals surface area contributed by atoms with Crippen molar-refractivity contribution in [3.8, 4) is 11.3 Å². The Labute approximate surface area is 138 Å². The Morgan fingerprint density at radius 2 is 2.04 bits per heavy atom. The van der Waals surface area contributed by atoms with Crippen molar-refractivity contribution in [1.82, 2.24) is 9.97 Å². The Balaban J connectivity index is 1.86. The highest BCUT2D eigenvalue weighted by Crippen LogP contribution is 2.32. The molecule has 118 valence electrons. The molecule has 0 bridgehead atoms. The summed E-state index contributed by atoms with van der Waals surface area (Å²) in [5, 5.41) is 3.29. The first-order valence-corrected chi connectivity index (χ1v) is 8.16. The highest BCUT2D eigenvalue weighted by molar-refractivity contribution is 7.17. The van der Waals surface area contributed by atoms with Gasteiger partial charge in [-0.05, 0) is 18.9 Å². The van der Waals surface area contributed by atoms with Gasteiger partial charge in [0, 0.05) is 27.6 Å². The van der Waals surface area contributed by atoms with Crippen LogP contribution in [0.2, 0.25) is 0 Å². The normalized spacial score (nSPS) is 10.8. The second-order valence-corrected chi connectivity index (χ2v) is 6.05. The summed E-state index contributed by atoms with van der Waals surface area (Å²) in [5.41, 5.74) is 19.3. The van der Waals surface area contributed by atoms with Crippen molar-refractivity contribution in [3.63, 3.8) is 0 Å². The number of nitrogen functional groups attached to an aromatic ring is 1. The molecular weight excluding hydrogens is 308 g/mol. The van der Waals surface area contributed by atoms with Crippen molar-refractivity contribution in [1.29, 1.82) is 0 Å². The molecule has 0 amide bonds. The molecule has 7 heteroatoms. The van der Waals surface area contributed by atoms with E-state index in [1.165, 1.54) is 10.1 Å². The van der Waals surface area contributed by atoms with Crippen LogP contribution in [-0.4, -0.2) is 22.5 Å². The maximum absolute atomic E-state index is 5.94. The van der Waals surface area contributed by atoms with Gasteiger partial charge >= 0.3 is 0 Å². The lowest BCUT2D eigenvalue weighted by atomic mass is 10.1. The van der Waals surface area contributed by atoms with E-state index >= 15 is 0 Å². The van der Waals surface area contributed by atoms with Gasteiger partial charge in [0.2, 0.25) is 0 Å². The van der Waals surface area contributed by atoms with Crippen LogP contribution < -0.4 is 17.2 Å². The summed E-state index contributed by atoms with van der Waals surface area (Å²) in [7, 11) is 0. The number of nitrogens with two attached hydrogens (primary N) is 3. The van der Waals surface area contributed by atoms with Crippen molar-refractivity contribution in [2.45, 2.75) is 12.8 Å². The van der Waals surface area contributed by atoms with Crippen molar-refractivity contribution < 1.29 is 0 Å². The fourth-order valence-electron chi connectivity index (χ4n) is 2.38. The molecule has 0 radical (unpaired) electrons. The van der Waals surface area contributed by atoms with Crippen LogP contribution in [0.4, 0.5) is 5.82 Å². The van der Waals surface area contributed by atoms with Crippen molar-refractivity contribution in [2.75, 3.05) is 12.3 Å². The minimum Gasteiger partial charge on any atom is -0.382 e. The molecule has 2 aromatic heterocycles. The summed E-state index contributed by atoms with van der Waals surface area (Å²) >= 11 is 1.70. The molecule has 1 aromatic carbocycles. The Bertz CT molecular complexity index is 851. The van der Waals surface area contributed by atoms with Crippen LogP contribution in [-0.2, 0) is 6.42 Å². The summed E-state index contributed by atoms with van der Waals surface area (Å²) in [4.78, 5) is 12.9. The van der Waals surface area contributed by atoms with Gasteiger partial charge in [-0.15, -0.1) is 11.3 Å². The van der Waals surface area contributed by atoms with Gasteiger partial charge in [0.05, 0.1) is 17.6 Å². The molecule has 23 heavy (non-hydrogen) atoms. The summed E-state index contributed by atoms with van der Waals surface area (Å²) in [6, 6.07) is 8.26. The lowest BCUT2D eigenvalue weighted by molar-refractivity contribution is 0.808. The Morgan fingerprint density at radius 1 is 1.22 bits per heavy atom. The number of anilines is 1. The zero-order valence-electron chi connectivity index (χ0n) is 12.6. The van der Waals surface area contributed by atoms with Gasteiger partial charge in [0.1, 0.15) is 5.82 Å². The molecule has 2 heterocycles. The summed E-state index contributed by atoms with van der Waals surface area (Å²) in [6.07, 6.45) is 3.18. The number of nitrogens with zero attached hydrogens (tertiary/aromatic N) is 3. The Morgan fingerprint density at radius 3 is 2.87 bits per heavy atom. The van der Waals surface area contributed by atoms with Crippen molar-refractivity contribution in [2.24, 2.45) is 16.5 Å². The molecule has 0 saturated heterocycles. The Hall–Kier alpha value is -2.67. The number of guanidine groups is 1. The number of aryl methyl sites for hydroxylation is 1. The Kier molecular flexibility index (Phi) is 4.38. The first kappa shape index (κ1) is 15.2. The number of fused-ring (bicyclic) bond motifs is 1. The fraction of sp³-hybridized carbons (Fsp3) is 0.188. The molecule has 0 aliphatic carbocycles. The largest absolute Gasteiger partial charge is 0.382 e. The second-order valence-electron chi connectivity index (χ2n) is 5.14. The van der Waals surface area contributed by atoms with E-state index in [2.05, 4.69) is 32.5 Å². The first-order chi connectivity index (χ1) is 11.1. The highest BCUT2D eigenvalue weighted by atomic mass is 32.1. The smallest absolute Gasteiger partial charge is 0.185 e. The van der Waals surface area contributed by atoms with E-state index in [1.807, 2.05) is 12.1 Å². The van der Waals surface area contributed by atoms with Crippen molar-refractivity contribution in [3.05, 3.63) is 41.5 Å². The molecule has 0 aliphatic rings. The SMILES string of the molecule is NC(N)=NCCCc1nc(-c2csc3ccccc23)cnc1N. The third-order valence-electron chi connectivity index (χ3n) is 3.50. The molecule has 6 nitrogen and oxygen atoms in total. The summed E-state index contributed by atoms with van der Waals surface area (Å²) < 4.78 is 1.23. The molecular formula is C16H18N6S. The fourth-order valence-corrected chi connectivity index (χ4v) is 3.34. The topological polar surface area (TPSA) is 116 Å². The maximum atomic E-state index is 5.94. The van der Waals surface area contributed by atoms with Gasteiger partial charge in [-0.2, -0.15) is 0 Å². The average molecular weight is 326 g/mol. The molecule has 0 unspecified atom stereocenters. The minimum atomic E-state index is 0.0996. The maximum Gasteiger partial charge on any atom is 0.185 e. The monoisotopic (exact) mass is 326 g/mol. The molecule has 0 aliphatic heterocycles. The summed E-state index contributed by atoms with van der Waals surface area (Å²) in [6.45, 7) is 0.551. The van der Waals surface area contributed by atoms with Crippen LogP contribution >= 0.6 is 11.3 Å². The molecule has 0 fully saturated rings. The third-order valence-corrected chi connectivity index (χ3v) is 4.46. The van der Waals surface area contributed by atoms with Crippen LogP contribution in [0.15, 0.2) is 40.8 Å². The number of thiophene rings is 1. The van der Waals surface area contributed by atoms with E-state index in [1.54, 1.807) is 17.5 Å². The molecule has 0 atom stereocenters. The van der Waals surface area contributed by atoms with E-state index in [-0.39, 0.29) is 5.96 Å². The van der Waals surface area contributed by atoms with Crippen LogP contribution in [0.5, 0.6) is 0 Å². The minimum absolute atomic E-state index is 0.0996. The average Bonchev–Trinajstić information content (AvgIpc) is 2.97. The van der Waals surface area contributed by atoms with Gasteiger partial charge in [-0.1, -0.05) is 18.2 Å². The molecule has 0 saturated carbocycles. The van der Waals surface area contributed by atoms with Crippen LogP contribution in [0.25, 0.3) is 21.3 Å². The second kappa shape index (κ2) is 6.62. The van der Waals surface area contributed by atoms with E-state index < -0.39 is 0 Å². The van der Waals surface area contributed by atoms with Gasteiger partial charge in [0.15, 0.2) is 5.96 Å². The number of hydrogen-bond acceptors (Lipinski definition) is 5. The molecule has 6 N–H and O–H groups in total. The standard InChI is InChI=1S/C16H18N6S/c17-15-12(5-3-7-20-16(18)19)22-13(8-21-15)11-9-23-14-6-2-1-4-10(11)14/h1-2,4,6,8-9H,3,5,7H2,(H2,17,21)(H4,18,19,20). The predicted molar refractivity (Wildman–Crippen MR) is 96.3 cm³/mol. The van der Waals surface area contributed by atoms with Gasteiger partial charge < -0.3 is 17.2 Å². The van der Waals surface area contributed by atoms with E-state index in [9.17, 15) is 0 Å². The lowest BCUT2D eigenvalue weighted by Gasteiger charge is -2.06. The summed E-state index contributed by atoms with van der Waals surface area (Å²) in [5.74, 6) is 0.556.